The number of hydrogen-bond donors (Lipinski definition) is 2. The van der Waals surface area contributed by atoms with Crippen LogP contribution in [0.15, 0.2) is 24.7 Å². The van der Waals surface area contributed by atoms with Crippen molar-refractivity contribution < 1.29 is 0 Å². The third kappa shape index (κ3) is 2.36. The van der Waals surface area contributed by atoms with Crippen LogP contribution in [0, 0.1) is 6.92 Å². The van der Waals surface area contributed by atoms with Gasteiger partial charge in [-0.25, -0.2) is 15.0 Å². The summed E-state index contributed by atoms with van der Waals surface area (Å²) in [6.45, 7) is 3.98. The summed E-state index contributed by atoms with van der Waals surface area (Å²) in [5.74, 6) is 2.52. The zero-order valence-corrected chi connectivity index (χ0v) is 9.44. The summed E-state index contributed by atoms with van der Waals surface area (Å²) in [6.07, 6.45) is 6.27. The largest absolute Gasteiger partial charge is 0.360 e. The summed E-state index contributed by atoms with van der Waals surface area (Å²) in [4.78, 5) is 15.7. The van der Waals surface area contributed by atoms with E-state index < -0.39 is 0 Å². The van der Waals surface area contributed by atoms with Gasteiger partial charge in [-0.1, -0.05) is 6.92 Å². The SMILES string of the molecule is CCC(Nc1ccnc(C)n1)c1ncc[nH]1. The van der Waals surface area contributed by atoms with Gasteiger partial charge in [-0.15, -0.1) is 0 Å². The van der Waals surface area contributed by atoms with Gasteiger partial charge >= 0.3 is 0 Å². The molecule has 2 aromatic rings. The molecule has 0 aliphatic rings. The molecule has 2 rings (SSSR count). The highest BCUT2D eigenvalue weighted by atomic mass is 15.1. The molecular weight excluding hydrogens is 202 g/mol. The molecule has 0 radical (unpaired) electrons. The summed E-state index contributed by atoms with van der Waals surface area (Å²) in [5.41, 5.74) is 0. The van der Waals surface area contributed by atoms with E-state index in [9.17, 15) is 0 Å². The minimum Gasteiger partial charge on any atom is -0.360 e. The summed E-state index contributed by atoms with van der Waals surface area (Å²) in [7, 11) is 0. The molecule has 0 aliphatic heterocycles. The normalized spacial score (nSPS) is 12.4. The Kier molecular flexibility index (Phi) is 3.14. The summed E-state index contributed by atoms with van der Waals surface area (Å²) in [5, 5.41) is 3.33. The Labute approximate surface area is 94.4 Å². The lowest BCUT2D eigenvalue weighted by atomic mass is 10.2. The minimum atomic E-state index is 0.157. The molecule has 0 bridgehead atoms. The number of aromatic nitrogens is 4. The molecule has 0 saturated heterocycles. The molecular formula is C11H15N5. The fraction of sp³-hybridized carbons (Fsp3) is 0.364. The van der Waals surface area contributed by atoms with Crippen LogP contribution in [0.1, 0.15) is 31.0 Å². The van der Waals surface area contributed by atoms with Crippen LogP contribution in [0.4, 0.5) is 5.82 Å². The van der Waals surface area contributed by atoms with Gasteiger partial charge in [-0.2, -0.15) is 0 Å². The van der Waals surface area contributed by atoms with Gasteiger partial charge in [-0.05, 0) is 19.4 Å². The molecule has 0 aliphatic carbocycles. The highest BCUT2D eigenvalue weighted by molar-refractivity contribution is 5.35. The molecule has 2 heterocycles. The van der Waals surface area contributed by atoms with E-state index in [0.717, 1.165) is 23.9 Å². The van der Waals surface area contributed by atoms with Crippen LogP contribution in [-0.4, -0.2) is 19.9 Å². The van der Waals surface area contributed by atoms with E-state index in [1.807, 2.05) is 19.2 Å². The third-order valence-corrected chi connectivity index (χ3v) is 2.36. The predicted molar refractivity (Wildman–Crippen MR) is 62.0 cm³/mol. The minimum absolute atomic E-state index is 0.157. The van der Waals surface area contributed by atoms with Gasteiger partial charge < -0.3 is 10.3 Å². The van der Waals surface area contributed by atoms with Crippen LogP contribution in [0.25, 0.3) is 0 Å². The molecule has 2 N–H and O–H groups in total. The maximum absolute atomic E-state index is 4.31. The van der Waals surface area contributed by atoms with Crippen molar-refractivity contribution in [3.05, 3.63) is 36.3 Å². The van der Waals surface area contributed by atoms with Gasteiger partial charge in [0.2, 0.25) is 0 Å². The van der Waals surface area contributed by atoms with E-state index in [-0.39, 0.29) is 6.04 Å². The third-order valence-electron chi connectivity index (χ3n) is 2.36. The second kappa shape index (κ2) is 4.74. The van der Waals surface area contributed by atoms with E-state index in [4.69, 9.17) is 0 Å². The first-order valence-electron chi connectivity index (χ1n) is 5.35. The number of hydrogen-bond acceptors (Lipinski definition) is 4. The molecule has 0 amide bonds. The van der Waals surface area contributed by atoms with Crippen molar-refractivity contribution in [2.24, 2.45) is 0 Å². The number of H-pyrrole nitrogens is 1. The molecule has 0 fully saturated rings. The molecule has 5 nitrogen and oxygen atoms in total. The van der Waals surface area contributed by atoms with Crippen LogP contribution in [0.2, 0.25) is 0 Å². The quantitative estimate of drug-likeness (QED) is 0.822. The van der Waals surface area contributed by atoms with Crippen molar-refractivity contribution >= 4 is 5.82 Å². The van der Waals surface area contributed by atoms with Crippen molar-refractivity contribution in [1.29, 1.82) is 0 Å². The molecule has 16 heavy (non-hydrogen) atoms. The number of nitrogens with zero attached hydrogens (tertiary/aromatic N) is 3. The number of aryl methyl sites for hydroxylation is 1. The lowest BCUT2D eigenvalue weighted by Crippen LogP contribution is -2.12. The van der Waals surface area contributed by atoms with Gasteiger partial charge in [0, 0.05) is 18.6 Å². The van der Waals surface area contributed by atoms with Crippen LogP contribution < -0.4 is 5.32 Å². The first-order chi connectivity index (χ1) is 7.79. The summed E-state index contributed by atoms with van der Waals surface area (Å²) >= 11 is 0. The predicted octanol–water partition coefficient (Wildman–Crippen LogP) is 2.07. The van der Waals surface area contributed by atoms with Crippen molar-refractivity contribution in [2.45, 2.75) is 26.3 Å². The Morgan fingerprint density at radius 1 is 1.38 bits per heavy atom. The molecule has 0 spiro atoms. The molecule has 0 saturated carbocycles. The fourth-order valence-corrected chi connectivity index (χ4v) is 1.55. The van der Waals surface area contributed by atoms with E-state index >= 15 is 0 Å². The van der Waals surface area contributed by atoms with Gasteiger partial charge in [0.15, 0.2) is 0 Å². The second-order valence-corrected chi connectivity index (χ2v) is 3.57. The Hall–Kier alpha value is -1.91. The molecule has 0 aromatic carbocycles. The van der Waals surface area contributed by atoms with E-state index in [2.05, 4.69) is 32.2 Å². The van der Waals surface area contributed by atoms with Crippen molar-refractivity contribution in [2.75, 3.05) is 5.32 Å². The zero-order chi connectivity index (χ0) is 11.4. The Bertz CT molecular complexity index is 437. The monoisotopic (exact) mass is 217 g/mol. The van der Waals surface area contributed by atoms with Gasteiger partial charge in [0.25, 0.3) is 0 Å². The maximum Gasteiger partial charge on any atom is 0.130 e. The Morgan fingerprint density at radius 2 is 2.25 bits per heavy atom. The lowest BCUT2D eigenvalue weighted by molar-refractivity contribution is 0.699. The molecule has 1 atom stereocenters. The fourth-order valence-electron chi connectivity index (χ4n) is 1.55. The van der Waals surface area contributed by atoms with Crippen molar-refractivity contribution in [3.8, 4) is 0 Å². The summed E-state index contributed by atoms with van der Waals surface area (Å²) in [6, 6.07) is 2.02. The highest BCUT2D eigenvalue weighted by Crippen LogP contribution is 2.17. The number of imidazole rings is 1. The van der Waals surface area contributed by atoms with Crippen LogP contribution in [0.5, 0.6) is 0 Å². The van der Waals surface area contributed by atoms with Crippen LogP contribution in [-0.2, 0) is 0 Å². The van der Waals surface area contributed by atoms with E-state index in [1.54, 1.807) is 12.4 Å². The maximum atomic E-state index is 4.31. The molecule has 84 valence electrons. The standard InChI is InChI=1S/C11H15N5/c1-3-9(11-13-6-7-14-11)16-10-4-5-12-8(2)15-10/h4-7,9H,3H2,1-2H3,(H,13,14)(H,12,15,16). The first kappa shape index (κ1) is 10.6. The zero-order valence-electron chi connectivity index (χ0n) is 9.44. The van der Waals surface area contributed by atoms with E-state index in [1.165, 1.54) is 0 Å². The van der Waals surface area contributed by atoms with Gasteiger partial charge in [0.05, 0.1) is 6.04 Å². The van der Waals surface area contributed by atoms with Gasteiger partial charge in [0.1, 0.15) is 17.5 Å². The number of rotatable bonds is 4. The highest BCUT2D eigenvalue weighted by Gasteiger charge is 2.11. The topological polar surface area (TPSA) is 66.5 Å². The number of aromatic amines is 1. The molecule has 1 unspecified atom stereocenters. The average Bonchev–Trinajstić information content (AvgIpc) is 2.79. The van der Waals surface area contributed by atoms with E-state index in [0.29, 0.717) is 0 Å². The number of nitrogens with one attached hydrogen (secondary N) is 2. The van der Waals surface area contributed by atoms with Crippen LogP contribution >= 0.6 is 0 Å². The lowest BCUT2D eigenvalue weighted by Gasteiger charge is -2.15. The summed E-state index contributed by atoms with van der Waals surface area (Å²) < 4.78 is 0. The second-order valence-electron chi connectivity index (χ2n) is 3.57. The van der Waals surface area contributed by atoms with Crippen LogP contribution in [0.3, 0.4) is 0 Å². The first-order valence-corrected chi connectivity index (χ1v) is 5.35. The van der Waals surface area contributed by atoms with Gasteiger partial charge in [-0.3, -0.25) is 0 Å². The Morgan fingerprint density at radius 3 is 2.88 bits per heavy atom. The van der Waals surface area contributed by atoms with Crippen molar-refractivity contribution in [1.82, 2.24) is 19.9 Å². The average molecular weight is 217 g/mol. The van der Waals surface area contributed by atoms with Crippen molar-refractivity contribution in [3.63, 3.8) is 0 Å². The molecule has 5 heteroatoms. The molecule has 2 aromatic heterocycles. The number of anilines is 1. The Balaban J connectivity index is 2.13. The smallest absolute Gasteiger partial charge is 0.130 e.